The molecule has 1 unspecified atom stereocenters. The van der Waals surface area contributed by atoms with Gasteiger partial charge in [0, 0.05) is 17.5 Å². The van der Waals surface area contributed by atoms with Crippen molar-refractivity contribution in [1.82, 2.24) is 4.72 Å². The van der Waals surface area contributed by atoms with E-state index >= 15 is 0 Å². The van der Waals surface area contributed by atoms with Crippen molar-refractivity contribution in [2.45, 2.75) is 16.9 Å². The number of halogens is 2. The first-order chi connectivity index (χ1) is 9.27. The van der Waals surface area contributed by atoms with Gasteiger partial charge in [-0.3, -0.25) is 4.79 Å². The summed E-state index contributed by atoms with van der Waals surface area (Å²) >= 11 is 3.02. The third-order valence-corrected chi connectivity index (χ3v) is 5.01. The highest BCUT2D eigenvalue weighted by atomic mass is 79.9. The van der Waals surface area contributed by atoms with Gasteiger partial charge in [0.05, 0.1) is 6.61 Å². The van der Waals surface area contributed by atoms with Gasteiger partial charge in [0.25, 0.3) is 0 Å². The molecule has 0 bridgehead atoms. The van der Waals surface area contributed by atoms with E-state index in [4.69, 9.17) is 4.74 Å². The summed E-state index contributed by atoms with van der Waals surface area (Å²) in [4.78, 5) is 10.7. The SMILES string of the molecule is O=C(O)C1(NS(=O)(=O)c2ccc(Br)cc2F)CCOC1. The van der Waals surface area contributed by atoms with Crippen molar-refractivity contribution >= 4 is 31.9 Å². The van der Waals surface area contributed by atoms with Crippen LogP contribution in [0.4, 0.5) is 4.39 Å². The Morgan fingerprint density at radius 3 is 2.70 bits per heavy atom. The van der Waals surface area contributed by atoms with Gasteiger partial charge < -0.3 is 9.84 Å². The fourth-order valence-electron chi connectivity index (χ4n) is 1.86. The lowest BCUT2D eigenvalue weighted by Gasteiger charge is -2.23. The van der Waals surface area contributed by atoms with Crippen LogP contribution >= 0.6 is 15.9 Å². The largest absolute Gasteiger partial charge is 0.480 e. The molecule has 1 saturated heterocycles. The van der Waals surface area contributed by atoms with Crippen molar-refractivity contribution in [1.29, 1.82) is 0 Å². The van der Waals surface area contributed by atoms with E-state index < -0.39 is 32.2 Å². The Morgan fingerprint density at radius 1 is 1.50 bits per heavy atom. The normalized spacial score (nSPS) is 22.9. The van der Waals surface area contributed by atoms with Gasteiger partial charge in [-0.25, -0.2) is 12.8 Å². The molecular weight excluding hydrogens is 357 g/mol. The second-order valence-electron chi connectivity index (χ2n) is 4.37. The molecular formula is C11H11BrFNO5S. The van der Waals surface area contributed by atoms with E-state index in [0.29, 0.717) is 4.47 Å². The average Bonchev–Trinajstić information content (AvgIpc) is 2.77. The van der Waals surface area contributed by atoms with E-state index in [2.05, 4.69) is 15.9 Å². The first-order valence-corrected chi connectivity index (χ1v) is 7.85. The molecule has 1 aromatic carbocycles. The van der Waals surface area contributed by atoms with Crippen LogP contribution in [0, 0.1) is 5.82 Å². The number of benzene rings is 1. The van der Waals surface area contributed by atoms with Gasteiger partial charge in [-0.1, -0.05) is 15.9 Å². The molecule has 1 aliphatic heterocycles. The zero-order valence-electron chi connectivity index (χ0n) is 10.1. The zero-order chi connectivity index (χ0) is 15.0. The van der Waals surface area contributed by atoms with Gasteiger partial charge in [0.15, 0.2) is 5.54 Å². The summed E-state index contributed by atoms with van der Waals surface area (Å²) in [5, 5.41) is 9.18. The van der Waals surface area contributed by atoms with E-state index in [9.17, 15) is 22.7 Å². The molecule has 2 N–H and O–H groups in total. The predicted molar refractivity (Wildman–Crippen MR) is 70.2 cm³/mol. The number of nitrogens with one attached hydrogen (secondary N) is 1. The smallest absolute Gasteiger partial charge is 0.327 e. The molecule has 0 saturated carbocycles. The molecule has 9 heteroatoms. The first-order valence-electron chi connectivity index (χ1n) is 5.57. The minimum absolute atomic E-state index is 0.0142. The molecule has 1 aromatic rings. The first kappa shape index (κ1) is 15.4. The number of rotatable bonds is 4. The minimum Gasteiger partial charge on any atom is -0.480 e. The van der Waals surface area contributed by atoms with Gasteiger partial charge in [-0.15, -0.1) is 0 Å². The summed E-state index contributed by atoms with van der Waals surface area (Å²) in [7, 11) is -4.30. The Hall–Kier alpha value is -1.03. The highest BCUT2D eigenvalue weighted by molar-refractivity contribution is 9.10. The van der Waals surface area contributed by atoms with E-state index in [-0.39, 0.29) is 19.6 Å². The number of carbonyl (C=O) groups is 1. The van der Waals surface area contributed by atoms with Crippen LogP contribution in [0.2, 0.25) is 0 Å². The lowest BCUT2D eigenvalue weighted by atomic mass is 10.0. The summed E-state index contributed by atoms with van der Waals surface area (Å²) < 4.78 is 45.4. The van der Waals surface area contributed by atoms with Crippen LogP contribution in [0.1, 0.15) is 6.42 Å². The van der Waals surface area contributed by atoms with Crippen molar-refractivity contribution in [3.05, 3.63) is 28.5 Å². The second-order valence-corrected chi connectivity index (χ2v) is 6.94. The van der Waals surface area contributed by atoms with Gasteiger partial charge in [-0.05, 0) is 18.2 Å². The third kappa shape index (κ3) is 2.85. The van der Waals surface area contributed by atoms with Crippen LogP contribution in [0.15, 0.2) is 27.6 Å². The highest BCUT2D eigenvalue weighted by Gasteiger charge is 2.46. The highest BCUT2D eigenvalue weighted by Crippen LogP contribution is 2.25. The Balaban J connectivity index is 2.38. The maximum Gasteiger partial charge on any atom is 0.327 e. The molecule has 0 radical (unpaired) electrons. The van der Waals surface area contributed by atoms with Crippen molar-refractivity contribution in [3.8, 4) is 0 Å². The molecule has 110 valence electrons. The molecule has 1 heterocycles. The maximum absolute atomic E-state index is 13.7. The van der Waals surface area contributed by atoms with Crippen LogP contribution in [0.25, 0.3) is 0 Å². The fraction of sp³-hybridized carbons (Fsp3) is 0.364. The monoisotopic (exact) mass is 367 g/mol. The molecule has 0 amide bonds. The average molecular weight is 368 g/mol. The standard InChI is InChI=1S/C11H11BrFNO5S/c12-7-1-2-9(8(13)5-7)20(17,18)14-11(10(15)16)3-4-19-6-11/h1-2,5,14H,3-4,6H2,(H,15,16). The van der Waals surface area contributed by atoms with Crippen LogP contribution < -0.4 is 4.72 Å². The van der Waals surface area contributed by atoms with Crippen LogP contribution in [-0.2, 0) is 19.6 Å². The zero-order valence-corrected chi connectivity index (χ0v) is 12.5. The van der Waals surface area contributed by atoms with Crippen LogP contribution in [-0.4, -0.2) is 38.2 Å². The van der Waals surface area contributed by atoms with E-state index in [1.54, 1.807) is 0 Å². The molecule has 0 aromatic heterocycles. The molecule has 0 spiro atoms. The van der Waals surface area contributed by atoms with Crippen LogP contribution in [0.5, 0.6) is 0 Å². The Labute approximate surface area is 123 Å². The summed E-state index contributed by atoms with van der Waals surface area (Å²) in [6, 6.07) is 3.41. The van der Waals surface area contributed by atoms with Crippen LogP contribution in [0.3, 0.4) is 0 Å². The van der Waals surface area contributed by atoms with Gasteiger partial charge in [0.2, 0.25) is 10.0 Å². The van der Waals surface area contributed by atoms with Crippen molar-refractivity contribution in [3.63, 3.8) is 0 Å². The molecule has 1 aliphatic rings. The number of ether oxygens (including phenoxy) is 1. The topological polar surface area (TPSA) is 92.7 Å². The van der Waals surface area contributed by atoms with E-state index in [1.165, 1.54) is 6.07 Å². The van der Waals surface area contributed by atoms with Crippen molar-refractivity contribution in [2.75, 3.05) is 13.2 Å². The quantitative estimate of drug-likeness (QED) is 0.831. The van der Waals surface area contributed by atoms with Gasteiger partial charge in [-0.2, -0.15) is 4.72 Å². The Morgan fingerprint density at radius 2 is 2.20 bits per heavy atom. The summed E-state index contributed by atoms with van der Waals surface area (Å²) in [6.45, 7) is -0.169. The fourth-order valence-corrected chi connectivity index (χ4v) is 3.63. The Kier molecular flexibility index (Phi) is 4.14. The summed E-state index contributed by atoms with van der Waals surface area (Å²) in [5.41, 5.74) is -1.75. The third-order valence-electron chi connectivity index (χ3n) is 2.94. The molecule has 0 aliphatic carbocycles. The van der Waals surface area contributed by atoms with E-state index in [1.807, 2.05) is 4.72 Å². The van der Waals surface area contributed by atoms with Gasteiger partial charge in [0.1, 0.15) is 10.7 Å². The number of hydrogen-bond acceptors (Lipinski definition) is 4. The minimum atomic E-state index is -4.30. The second kappa shape index (κ2) is 5.40. The molecule has 1 atom stereocenters. The van der Waals surface area contributed by atoms with Crippen molar-refractivity contribution in [2.24, 2.45) is 0 Å². The number of aliphatic carboxylic acids is 1. The lowest BCUT2D eigenvalue weighted by molar-refractivity contribution is -0.144. The number of carboxylic acid groups (broad SMARTS) is 1. The molecule has 20 heavy (non-hydrogen) atoms. The summed E-state index contributed by atoms with van der Waals surface area (Å²) in [6.07, 6.45) is -0.0142. The number of sulfonamides is 1. The Bertz CT molecular complexity index is 642. The lowest BCUT2D eigenvalue weighted by Crippen LogP contribution is -2.55. The number of hydrogen-bond donors (Lipinski definition) is 2. The predicted octanol–water partition coefficient (Wildman–Crippen LogP) is 1.11. The molecule has 1 fully saturated rings. The van der Waals surface area contributed by atoms with E-state index in [0.717, 1.165) is 12.1 Å². The maximum atomic E-state index is 13.7. The summed E-state index contributed by atoms with van der Waals surface area (Å²) in [5.74, 6) is -2.32. The van der Waals surface area contributed by atoms with Crippen molar-refractivity contribution < 1.29 is 27.4 Å². The molecule has 6 nitrogen and oxygen atoms in total. The van der Waals surface area contributed by atoms with Gasteiger partial charge >= 0.3 is 5.97 Å². The number of carboxylic acids is 1. The molecule has 2 rings (SSSR count).